The average molecular weight is 397 g/mol. The highest BCUT2D eigenvalue weighted by Crippen LogP contribution is 2.32. The van der Waals surface area contributed by atoms with Gasteiger partial charge in [-0.25, -0.2) is 14.4 Å². The highest BCUT2D eigenvalue weighted by molar-refractivity contribution is 6.06. The van der Waals surface area contributed by atoms with E-state index in [9.17, 15) is 19.2 Å². The number of carbonyl (C=O) groups excluding carboxylic acids is 4. The van der Waals surface area contributed by atoms with Gasteiger partial charge in [0.25, 0.3) is 0 Å². The molecule has 0 aromatic carbocycles. The second-order valence-electron chi connectivity index (χ2n) is 5.95. The van der Waals surface area contributed by atoms with Crippen molar-refractivity contribution in [2.75, 3.05) is 19.8 Å². The van der Waals surface area contributed by atoms with Gasteiger partial charge in [0.15, 0.2) is 0 Å². The third-order valence-electron chi connectivity index (χ3n) is 3.89. The summed E-state index contributed by atoms with van der Waals surface area (Å²) >= 11 is 0. The summed E-state index contributed by atoms with van der Waals surface area (Å²) in [6.45, 7) is 8.45. The summed E-state index contributed by atoms with van der Waals surface area (Å²) in [6, 6.07) is 0. The summed E-state index contributed by atoms with van der Waals surface area (Å²) < 4.78 is 19.6. The summed E-state index contributed by atoms with van der Waals surface area (Å²) in [5.41, 5.74) is 0.374. The van der Waals surface area contributed by atoms with Gasteiger partial charge in [-0.1, -0.05) is 13.3 Å². The van der Waals surface area contributed by atoms with Gasteiger partial charge in [-0.05, 0) is 34.1 Å². The minimum absolute atomic E-state index is 0.0634. The van der Waals surface area contributed by atoms with Crippen LogP contribution in [0.1, 0.15) is 47.5 Å². The number of hydrogen-bond acceptors (Lipinski definition) is 9. The van der Waals surface area contributed by atoms with E-state index in [0.29, 0.717) is 17.8 Å². The van der Waals surface area contributed by atoms with Gasteiger partial charge in [-0.15, -0.1) is 0 Å². The molecule has 0 unspecified atom stereocenters. The smallest absolute Gasteiger partial charge is 0.463 e. The number of nitrogens with one attached hydrogen (secondary N) is 1. The molecule has 1 aliphatic rings. The van der Waals surface area contributed by atoms with Crippen LogP contribution >= 0.6 is 0 Å². The lowest BCUT2D eigenvalue weighted by Crippen LogP contribution is -2.39. The van der Waals surface area contributed by atoms with Crippen molar-refractivity contribution in [2.24, 2.45) is 5.92 Å². The number of allylic oxidation sites excluding steroid dienone is 2. The van der Waals surface area contributed by atoms with Gasteiger partial charge in [-0.3, -0.25) is 4.79 Å². The van der Waals surface area contributed by atoms with Crippen molar-refractivity contribution in [3.05, 3.63) is 22.5 Å². The normalized spacial score (nSPS) is 14.3. The minimum atomic E-state index is -1.47. The van der Waals surface area contributed by atoms with Gasteiger partial charge >= 0.3 is 24.1 Å². The molecule has 0 saturated heterocycles. The van der Waals surface area contributed by atoms with Crippen LogP contribution in [0.5, 0.6) is 0 Å². The molecule has 0 aromatic rings. The summed E-state index contributed by atoms with van der Waals surface area (Å²) in [6.07, 6.45) is 0.203. The van der Waals surface area contributed by atoms with Crippen molar-refractivity contribution in [1.82, 2.24) is 5.32 Å². The molecule has 0 atom stereocenters. The van der Waals surface area contributed by atoms with Crippen molar-refractivity contribution >= 4 is 24.1 Å². The third kappa shape index (κ3) is 5.83. The quantitative estimate of drug-likeness (QED) is 0.285. The third-order valence-corrected chi connectivity index (χ3v) is 3.89. The van der Waals surface area contributed by atoms with Crippen LogP contribution in [-0.2, 0) is 33.3 Å². The molecular formula is C19H27NO8. The number of rotatable bonds is 8. The van der Waals surface area contributed by atoms with Crippen LogP contribution in [0.4, 0.5) is 4.79 Å². The fourth-order valence-corrected chi connectivity index (χ4v) is 2.66. The van der Waals surface area contributed by atoms with E-state index in [1.165, 1.54) is 0 Å². The van der Waals surface area contributed by atoms with Crippen LogP contribution in [0.25, 0.3) is 0 Å². The molecule has 0 amide bonds. The van der Waals surface area contributed by atoms with Crippen LogP contribution in [-0.4, -0.2) is 43.9 Å². The maximum Gasteiger partial charge on any atom is 0.516 e. The second kappa shape index (κ2) is 11.1. The van der Waals surface area contributed by atoms with Crippen LogP contribution in [0.3, 0.4) is 0 Å². The first kappa shape index (κ1) is 23.2. The Kier molecular flexibility index (Phi) is 9.20. The highest BCUT2D eigenvalue weighted by Gasteiger charge is 2.43. The summed E-state index contributed by atoms with van der Waals surface area (Å²) in [7, 11) is 0. The molecule has 1 aliphatic heterocycles. The standard InChI is InChI=1S/C19H27NO8/c1-6-9-10-27-19(24)28-18(23)15-13(16(21)25-7-2)11(4)20-12(5)14(15)17(22)26-8-3/h15,20H,6-10H2,1-5H3. The molecule has 0 aromatic heterocycles. The molecule has 156 valence electrons. The Labute approximate surface area is 164 Å². The molecular weight excluding hydrogens is 370 g/mol. The Hall–Kier alpha value is -2.84. The van der Waals surface area contributed by atoms with Gasteiger partial charge in [-0.2, -0.15) is 0 Å². The second-order valence-corrected chi connectivity index (χ2v) is 5.95. The van der Waals surface area contributed by atoms with E-state index in [1.54, 1.807) is 27.7 Å². The number of ether oxygens (including phenoxy) is 4. The zero-order valence-corrected chi connectivity index (χ0v) is 16.9. The van der Waals surface area contributed by atoms with Gasteiger partial charge < -0.3 is 24.3 Å². The molecule has 0 saturated carbocycles. The first-order chi connectivity index (χ1) is 13.3. The number of carbonyl (C=O) groups is 4. The fraction of sp³-hybridized carbons (Fsp3) is 0.579. The van der Waals surface area contributed by atoms with Crippen LogP contribution in [0, 0.1) is 5.92 Å². The predicted octanol–water partition coefficient (Wildman–Crippen LogP) is 2.36. The van der Waals surface area contributed by atoms with E-state index in [2.05, 4.69) is 5.32 Å². The van der Waals surface area contributed by atoms with E-state index in [4.69, 9.17) is 18.9 Å². The summed E-state index contributed by atoms with van der Waals surface area (Å²) in [5, 5.41) is 2.87. The first-order valence-electron chi connectivity index (χ1n) is 9.19. The lowest BCUT2D eigenvalue weighted by Gasteiger charge is -2.28. The number of dihydropyridines is 1. The lowest BCUT2D eigenvalue weighted by atomic mass is 9.85. The number of unbranched alkanes of at least 4 members (excludes halogenated alkanes) is 1. The van der Waals surface area contributed by atoms with Crippen molar-refractivity contribution in [2.45, 2.75) is 47.5 Å². The van der Waals surface area contributed by atoms with E-state index in [0.717, 1.165) is 6.42 Å². The van der Waals surface area contributed by atoms with Crippen molar-refractivity contribution in [3.8, 4) is 0 Å². The van der Waals surface area contributed by atoms with Crippen LogP contribution in [0.2, 0.25) is 0 Å². The number of hydrogen-bond donors (Lipinski definition) is 1. The van der Waals surface area contributed by atoms with E-state index in [-0.39, 0.29) is 31.0 Å². The first-order valence-corrected chi connectivity index (χ1v) is 9.19. The maximum absolute atomic E-state index is 12.7. The largest absolute Gasteiger partial charge is 0.516 e. The summed E-state index contributed by atoms with van der Waals surface area (Å²) in [5.74, 6) is -4.20. The molecule has 0 aliphatic carbocycles. The van der Waals surface area contributed by atoms with E-state index in [1.807, 2.05) is 6.92 Å². The molecule has 9 nitrogen and oxygen atoms in total. The molecule has 9 heteroatoms. The van der Waals surface area contributed by atoms with E-state index < -0.39 is 30.0 Å². The van der Waals surface area contributed by atoms with Crippen molar-refractivity contribution < 1.29 is 38.1 Å². The summed E-state index contributed by atoms with van der Waals surface area (Å²) in [4.78, 5) is 49.4. The number of esters is 3. The molecule has 0 spiro atoms. The zero-order chi connectivity index (χ0) is 21.3. The topological polar surface area (TPSA) is 117 Å². The van der Waals surface area contributed by atoms with Gasteiger partial charge in [0, 0.05) is 11.4 Å². The lowest BCUT2D eigenvalue weighted by molar-refractivity contribution is -0.149. The van der Waals surface area contributed by atoms with Crippen molar-refractivity contribution in [3.63, 3.8) is 0 Å². The fourth-order valence-electron chi connectivity index (χ4n) is 2.66. The predicted molar refractivity (Wildman–Crippen MR) is 97.6 cm³/mol. The van der Waals surface area contributed by atoms with Crippen molar-refractivity contribution in [1.29, 1.82) is 0 Å². The highest BCUT2D eigenvalue weighted by atomic mass is 16.7. The minimum Gasteiger partial charge on any atom is -0.463 e. The zero-order valence-electron chi connectivity index (χ0n) is 16.9. The molecule has 1 N–H and O–H groups in total. The average Bonchev–Trinajstić information content (AvgIpc) is 2.61. The van der Waals surface area contributed by atoms with Gasteiger partial charge in [0.2, 0.25) is 0 Å². The molecule has 1 heterocycles. The molecule has 0 bridgehead atoms. The van der Waals surface area contributed by atoms with Crippen LogP contribution < -0.4 is 5.32 Å². The molecule has 0 fully saturated rings. The van der Waals surface area contributed by atoms with Gasteiger partial charge in [0.1, 0.15) is 5.92 Å². The molecule has 28 heavy (non-hydrogen) atoms. The van der Waals surface area contributed by atoms with Gasteiger partial charge in [0.05, 0.1) is 31.0 Å². The SMILES string of the molecule is CCCCOC(=O)OC(=O)C1C(C(=O)OCC)=C(C)NC(C)=C1C(=O)OCC. The molecule has 0 radical (unpaired) electrons. The Balaban J connectivity index is 3.24. The maximum atomic E-state index is 12.7. The Morgan fingerprint density at radius 3 is 1.79 bits per heavy atom. The Bertz CT molecular complexity index is 652. The molecule has 1 rings (SSSR count). The monoisotopic (exact) mass is 397 g/mol. The van der Waals surface area contributed by atoms with Crippen LogP contribution in [0.15, 0.2) is 22.5 Å². The Morgan fingerprint density at radius 1 is 0.857 bits per heavy atom. The Morgan fingerprint density at radius 2 is 1.36 bits per heavy atom. The van der Waals surface area contributed by atoms with E-state index >= 15 is 0 Å².